The van der Waals surface area contributed by atoms with Crippen LogP contribution in [-0.4, -0.2) is 13.1 Å². The van der Waals surface area contributed by atoms with E-state index in [1.165, 1.54) is 0 Å². The third kappa shape index (κ3) is 3.14. The van der Waals surface area contributed by atoms with E-state index in [2.05, 4.69) is 14.8 Å². The van der Waals surface area contributed by atoms with Crippen molar-refractivity contribution in [2.45, 2.75) is 12.2 Å². The predicted octanol–water partition coefficient (Wildman–Crippen LogP) is 3.23. The van der Waals surface area contributed by atoms with Crippen molar-refractivity contribution in [2.24, 2.45) is 5.11 Å². The topological polar surface area (TPSA) is 75.1 Å². The summed E-state index contributed by atoms with van der Waals surface area (Å²) in [6.07, 6.45) is -4.46. The van der Waals surface area contributed by atoms with E-state index in [0.717, 1.165) is 31.4 Å². The summed E-state index contributed by atoms with van der Waals surface area (Å²) < 4.78 is 41.4. The normalized spacial score (nSPS) is 12.4. The molecule has 1 atom stereocenters. The smallest absolute Gasteiger partial charge is 0.416 e. The molecule has 0 bridgehead atoms. The van der Waals surface area contributed by atoms with Crippen LogP contribution in [0.2, 0.25) is 0 Å². The number of alkyl halides is 3. The van der Waals surface area contributed by atoms with Crippen LogP contribution in [-0.2, 0) is 15.7 Å². The maximum Gasteiger partial charge on any atom is 0.416 e. The van der Waals surface area contributed by atoms with Crippen molar-refractivity contribution in [3.63, 3.8) is 0 Å². The Bertz CT molecular complexity index is 478. The molecule has 96 valence electrons. The maximum atomic E-state index is 12.3. The highest BCUT2D eigenvalue weighted by Gasteiger charge is 2.30. The van der Waals surface area contributed by atoms with Gasteiger partial charge in [0.05, 0.1) is 12.7 Å². The highest BCUT2D eigenvalue weighted by atomic mass is 19.4. The van der Waals surface area contributed by atoms with E-state index in [0.29, 0.717) is 0 Å². The van der Waals surface area contributed by atoms with Crippen LogP contribution in [0.15, 0.2) is 29.4 Å². The van der Waals surface area contributed by atoms with Crippen LogP contribution in [0.4, 0.5) is 13.2 Å². The molecule has 0 amide bonds. The molecule has 0 aliphatic rings. The van der Waals surface area contributed by atoms with Gasteiger partial charge < -0.3 is 4.74 Å². The number of rotatable bonds is 3. The molecule has 0 N–H and O–H groups in total. The fourth-order valence-corrected chi connectivity index (χ4v) is 1.27. The molecule has 0 aliphatic carbocycles. The van der Waals surface area contributed by atoms with Gasteiger partial charge in [0.15, 0.2) is 6.04 Å². The number of benzene rings is 1. The van der Waals surface area contributed by atoms with E-state index in [9.17, 15) is 18.0 Å². The minimum absolute atomic E-state index is 0.132. The number of nitrogens with zero attached hydrogens (tertiary/aromatic N) is 3. The summed E-state index contributed by atoms with van der Waals surface area (Å²) in [6, 6.07) is 2.46. The molecule has 0 saturated carbocycles. The molecule has 8 heteroatoms. The van der Waals surface area contributed by atoms with E-state index in [-0.39, 0.29) is 5.56 Å². The molecule has 0 aromatic heterocycles. The Kier molecular flexibility index (Phi) is 4.17. The molecular formula is C10H8F3N3O2. The second-order valence-electron chi connectivity index (χ2n) is 3.25. The molecule has 0 aliphatic heterocycles. The number of hydrogen-bond acceptors (Lipinski definition) is 3. The summed E-state index contributed by atoms with van der Waals surface area (Å²) in [4.78, 5) is 13.7. The van der Waals surface area contributed by atoms with Crippen molar-refractivity contribution >= 4 is 5.97 Å². The van der Waals surface area contributed by atoms with E-state index < -0.39 is 23.8 Å². The molecule has 0 fully saturated rings. The van der Waals surface area contributed by atoms with Gasteiger partial charge >= 0.3 is 12.1 Å². The first kappa shape index (κ1) is 13.9. The predicted molar refractivity (Wildman–Crippen MR) is 55.3 cm³/mol. The first-order valence-electron chi connectivity index (χ1n) is 4.69. The SMILES string of the molecule is COC(=O)C(N=[N+]=[N-])c1ccc(C(F)(F)F)cc1. The number of esters is 1. The average Bonchev–Trinajstić information content (AvgIpc) is 2.34. The minimum atomic E-state index is -4.46. The van der Waals surface area contributed by atoms with E-state index >= 15 is 0 Å². The van der Waals surface area contributed by atoms with Crippen molar-refractivity contribution in [3.8, 4) is 0 Å². The largest absolute Gasteiger partial charge is 0.468 e. The van der Waals surface area contributed by atoms with Gasteiger partial charge in [-0.15, -0.1) is 0 Å². The molecule has 1 aromatic carbocycles. The third-order valence-electron chi connectivity index (χ3n) is 2.15. The number of carbonyl (C=O) groups excluding carboxylic acids is 1. The van der Waals surface area contributed by atoms with Gasteiger partial charge in [0, 0.05) is 4.91 Å². The van der Waals surface area contributed by atoms with Gasteiger partial charge in [0.2, 0.25) is 0 Å². The number of methoxy groups -OCH3 is 1. The standard InChI is InChI=1S/C10H8F3N3O2/c1-18-9(17)8(15-16-14)6-2-4-7(5-3-6)10(11,12)13/h2-5,8H,1H3. The van der Waals surface area contributed by atoms with Gasteiger partial charge in [-0.1, -0.05) is 17.2 Å². The summed E-state index contributed by atoms with van der Waals surface area (Å²) in [6.45, 7) is 0. The number of ether oxygens (including phenoxy) is 1. The van der Waals surface area contributed by atoms with Crippen molar-refractivity contribution in [1.29, 1.82) is 0 Å². The number of carbonyl (C=O) groups is 1. The second-order valence-corrected chi connectivity index (χ2v) is 3.25. The van der Waals surface area contributed by atoms with Crippen LogP contribution in [0, 0.1) is 0 Å². The summed E-state index contributed by atoms with van der Waals surface area (Å²) in [7, 11) is 1.09. The molecule has 0 saturated heterocycles. The molecular weight excluding hydrogens is 251 g/mol. The number of hydrogen-bond donors (Lipinski definition) is 0. The van der Waals surface area contributed by atoms with Crippen molar-refractivity contribution in [3.05, 3.63) is 45.8 Å². The Morgan fingerprint density at radius 3 is 2.33 bits per heavy atom. The van der Waals surface area contributed by atoms with E-state index in [1.807, 2.05) is 0 Å². The van der Waals surface area contributed by atoms with Gasteiger partial charge in [0.1, 0.15) is 0 Å². The van der Waals surface area contributed by atoms with Crippen molar-refractivity contribution in [2.75, 3.05) is 7.11 Å². The molecule has 0 radical (unpaired) electrons. The van der Waals surface area contributed by atoms with Crippen LogP contribution >= 0.6 is 0 Å². The van der Waals surface area contributed by atoms with Gasteiger partial charge in [0.25, 0.3) is 0 Å². The Balaban J connectivity index is 3.09. The van der Waals surface area contributed by atoms with Crippen LogP contribution in [0.25, 0.3) is 10.4 Å². The van der Waals surface area contributed by atoms with Crippen LogP contribution in [0.1, 0.15) is 17.2 Å². The summed E-state index contributed by atoms with van der Waals surface area (Å²) in [5, 5.41) is 3.18. The Hall–Kier alpha value is -2.21. The average molecular weight is 259 g/mol. The van der Waals surface area contributed by atoms with Gasteiger partial charge in [-0.3, -0.25) is 4.79 Å². The first-order chi connectivity index (χ1) is 8.40. The number of halogens is 3. The zero-order valence-electron chi connectivity index (χ0n) is 9.18. The zero-order valence-corrected chi connectivity index (χ0v) is 9.18. The summed E-state index contributed by atoms with van der Waals surface area (Å²) in [5.74, 6) is -0.840. The highest BCUT2D eigenvalue weighted by Crippen LogP contribution is 2.30. The van der Waals surface area contributed by atoms with Crippen molar-refractivity contribution < 1.29 is 22.7 Å². The lowest BCUT2D eigenvalue weighted by Crippen LogP contribution is -2.12. The fraction of sp³-hybridized carbons (Fsp3) is 0.300. The quantitative estimate of drug-likeness (QED) is 0.361. The zero-order chi connectivity index (χ0) is 13.8. The lowest BCUT2D eigenvalue weighted by molar-refractivity contribution is -0.142. The van der Waals surface area contributed by atoms with Crippen molar-refractivity contribution in [1.82, 2.24) is 0 Å². The Morgan fingerprint density at radius 2 is 1.94 bits per heavy atom. The van der Waals surface area contributed by atoms with Gasteiger partial charge in [-0.2, -0.15) is 13.2 Å². The fourth-order valence-electron chi connectivity index (χ4n) is 1.27. The van der Waals surface area contributed by atoms with E-state index in [1.54, 1.807) is 0 Å². The highest BCUT2D eigenvalue weighted by molar-refractivity contribution is 5.77. The molecule has 1 unspecified atom stereocenters. The molecule has 5 nitrogen and oxygen atoms in total. The minimum Gasteiger partial charge on any atom is -0.468 e. The molecule has 0 heterocycles. The maximum absolute atomic E-state index is 12.3. The molecule has 1 rings (SSSR count). The Labute approximate surface area is 99.8 Å². The van der Waals surface area contributed by atoms with Crippen LogP contribution in [0.3, 0.4) is 0 Å². The Morgan fingerprint density at radius 1 is 1.39 bits per heavy atom. The van der Waals surface area contributed by atoms with E-state index in [4.69, 9.17) is 5.53 Å². The summed E-state index contributed by atoms with van der Waals surface area (Å²) >= 11 is 0. The van der Waals surface area contributed by atoms with Crippen LogP contribution < -0.4 is 0 Å². The second kappa shape index (κ2) is 5.42. The van der Waals surface area contributed by atoms with Gasteiger partial charge in [-0.05, 0) is 23.2 Å². The summed E-state index contributed by atoms with van der Waals surface area (Å²) in [5.41, 5.74) is 7.58. The lowest BCUT2D eigenvalue weighted by Gasteiger charge is -2.11. The number of azide groups is 1. The first-order valence-corrected chi connectivity index (χ1v) is 4.69. The molecule has 18 heavy (non-hydrogen) atoms. The lowest BCUT2D eigenvalue weighted by atomic mass is 10.1. The van der Waals surface area contributed by atoms with Crippen LogP contribution in [0.5, 0.6) is 0 Å². The van der Waals surface area contributed by atoms with Gasteiger partial charge in [-0.25, -0.2) is 0 Å². The molecule has 0 spiro atoms. The molecule has 1 aromatic rings. The monoisotopic (exact) mass is 259 g/mol. The third-order valence-corrected chi connectivity index (χ3v) is 2.15.